The molecule has 92 valence electrons. The number of rotatable bonds is 4. The predicted octanol–water partition coefficient (Wildman–Crippen LogP) is 4.41. The van der Waals surface area contributed by atoms with Gasteiger partial charge >= 0.3 is 0 Å². The lowest BCUT2D eigenvalue weighted by Crippen LogP contribution is -2.22. The average molecular weight is 250 g/mol. The van der Waals surface area contributed by atoms with Crippen LogP contribution in [0.5, 0.6) is 0 Å². The van der Waals surface area contributed by atoms with E-state index in [-0.39, 0.29) is 0 Å². The van der Waals surface area contributed by atoms with Crippen molar-refractivity contribution in [1.82, 2.24) is 5.32 Å². The Labute approximate surface area is 109 Å². The summed E-state index contributed by atoms with van der Waals surface area (Å²) < 4.78 is 0. The number of hydrogen-bond acceptors (Lipinski definition) is 1. The molecule has 17 heavy (non-hydrogen) atoms. The fourth-order valence-corrected chi connectivity index (χ4v) is 2.81. The highest BCUT2D eigenvalue weighted by Gasteiger charge is 2.20. The Balaban J connectivity index is 2.31. The van der Waals surface area contributed by atoms with E-state index in [9.17, 15) is 0 Å². The number of allylic oxidation sites excluding steroid dienone is 1. The molecule has 1 aromatic carbocycles. The van der Waals surface area contributed by atoms with E-state index in [0.29, 0.717) is 6.04 Å². The van der Waals surface area contributed by atoms with Crippen molar-refractivity contribution in [3.05, 3.63) is 46.0 Å². The Bertz CT molecular complexity index is 423. The number of nitrogens with one attached hydrogen (secondary N) is 1. The van der Waals surface area contributed by atoms with Gasteiger partial charge in [-0.2, -0.15) is 0 Å². The van der Waals surface area contributed by atoms with E-state index in [1.807, 2.05) is 0 Å². The lowest BCUT2D eigenvalue weighted by atomic mass is 9.97. The van der Waals surface area contributed by atoms with E-state index in [4.69, 9.17) is 11.6 Å². The Morgan fingerprint density at radius 1 is 1.41 bits per heavy atom. The lowest BCUT2D eigenvalue weighted by Gasteiger charge is -2.21. The first-order valence-electron chi connectivity index (χ1n) is 6.40. The van der Waals surface area contributed by atoms with Crippen LogP contribution in [-0.2, 0) is 0 Å². The SMILES string of the molecule is CCNC(C1=CCCC1)c1ccc(C)cc1Cl. The molecule has 0 saturated carbocycles. The highest BCUT2D eigenvalue weighted by molar-refractivity contribution is 6.31. The van der Waals surface area contributed by atoms with Gasteiger partial charge in [-0.05, 0) is 49.9 Å². The molecule has 0 fully saturated rings. The third-order valence-corrected chi connectivity index (χ3v) is 3.65. The molecule has 1 atom stereocenters. The molecule has 0 amide bonds. The standard InChI is InChI=1S/C15H20ClN/c1-3-17-15(12-6-4-5-7-12)13-9-8-11(2)10-14(13)16/h6,8-10,15,17H,3-5,7H2,1-2H3. The molecule has 0 spiro atoms. The van der Waals surface area contributed by atoms with Crippen LogP contribution in [0.4, 0.5) is 0 Å². The van der Waals surface area contributed by atoms with Gasteiger partial charge in [0, 0.05) is 5.02 Å². The largest absolute Gasteiger partial charge is 0.307 e. The first-order valence-corrected chi connectivity index (χ1v) is 6.78. The smallest absolute Gasteiger partial charge is 0.0550 e. The summed E-state index contributed by atoms with van der Waals surface area (Å²) >= 11 is 6.37. The zero-order chi connectivity index (χ0) is 12.3. The van der Waals surface area contributed by atoms with Gasteiger partial charge in [0.25, 0.3) is 0 Å². The summed E-state index contributed by atoms with van der Waals surface area (Å²) in [6.45, 7) is 5.18. The maximum Gasteiger partial charge on any atom is 0.0550 e. The molecular weight excluding hydrogens is 230 g/mol. The second-order valence-corrected chi connectivity index (χ2v) is 5.09. The number of hydrogen-bond donors (Lipinski definition) is 1. The summed E-state index contributed by atoms with van der Waals surface area (Å²) in [4.78, 5) is 0. The van der Waals surface area contributed by atoms with Crippen LogP contribution in [-0.4, -0.2) is 6.54 Å². The van der Waals surface area contributed by atoms with E-state index < -0.39 is 0 Å². The molecule has 1 aliphatic rings. The van der Waals surface area contributed by atoms with Crippen molar-refractivity contribution in [2.75, 3.05) is 6.54 Å². The van der Waals surface area contributed by atoms with E-state index in [2.05, 4.69) is 43.4 Å². The van der Waals surface area contributed by atoms with Crippen LogP contribution in [0.3, 0.4) is 0 Å². The van der Waals surface area contributed by atoms with Gasteiger partial charge in [0.1, 0.15) is 0 Å². The van der Waals surface area contributed by atoms with Crippen molar-refractivity contribution in [3.63, 3.8) is 0 Å². The third kappa shape index (κ3) is 2.91. The van der Waals surface area contributed by atoms with Crippen LogP contribution in [0.2, 0.25) is 5.02 Å². The van der Waals surface area contributed by atoms with Crippen LogP contribution in [0.25, 0.3) is 0 Å². The van der Waals surface area contributed by atoms with Crippen molar-refractivity contribution in [3.8, 4) is 0 Å². The normalized spacial score (nSPS) is 17.0. The molecular formula is C15H20ClN. The van der Waals surface area contributed by atoms with Crippen LogP contribution in [0.1, 0.15) is 43.4 Å². The Kier molecular flexibility index (Phi) is 4.25. The molecule has 1 unspecified atom stereocenters. The zero-order valence-electron chi connectivity index (χ0n) is 10.6. The van der Waals surface area contributed by atoms with Crippen LogP contribution in [0, 0.1) is 6.92 Å². The van der Waals surface area contributed by atoms with Crippen molar-refractivity contribution < 1.29 is 0 Å². The molecule has 1 aromatic rings. The minimum atomic E-state index is 0.301. The predicted molar refractivity (Wildman–Crippen MR) is 74.5 cm³/mol. The molecule has 2 heteroatoms. The van der Waals surface area contributed by atoms with Crippen molar-refractivity contribution >= 4 is 11.6 Å². The van der Waals surface area contributed by atoms with Gasteiger partial charge in [-0.3, -0.25) is 0 Å². The van der Waals surface area contributed by atoms with E-state index >= 15 is 0 Å². The van der Waals surface area contributed by atoms with Crippen LogP contribution >= 0.6 is 11.6 Å². The summed E-state index contributed by atoms with van der Waals surface area (Å²) in [5, 5.41) is 4.43. The number of halogens is 1. The van der Waals surface area contributed by atoms with Gasteiger partial charge in [0.15, 0.2) is 0 Å². The quantitative estimate of drug-likeness (QED) is 0.780. The monoisotopic (exact) mass is 249 g/mol. The first kappa shape index (κ1) is 12.7. The minimum Gasteiger partial charge on any atom is -0.307 e. The fourth-order valence-electron chi connectivity index (χ4n) is 2.47. The number of benzene rings is 1. The van der Waals surface area contributed by atoms with E-state index in [1.54, 1.807) is 0 Å². The second kappa shape index (κ2) is 5.70. The highest BCUT2D eigenvalue weighted by Crippen LogP contribution is 2.34. The van der Waals surface area contributed by atoms with Crippen molar-refractivity contribution in [1.29, 1.82) is 0 Å². The van der Waals surface area contributed by atoms with Crippen molar-refractivity contribution in [2.45, 2.75) is 39.2 Å². The first-order chi connectivity index (χ1) is 8.22. The molecule has 0 radical (unpaired) electrons. The molecule has 0 saturated heterocycles. The maximum absolute atomic E-state index is 6.37. The van der Waals surface area contributed by atoms with Gasteiger partial charge in [-0.15, -0.1) is 0 Å². The van der Waals surface area contributed by atoms with Gasteiger partial charge in [0.2, 0.25) is 0 Å². The fraction of sp³-hybridized carbons (Fsp3) is 0.467. The Morgan fingerprint density at radius 3 is 2.82 bits per heavy atom. The molecule has 1 N–H and O–H groups in total. The highest BCUT2D eigenvalue weighted by atomic mass is 35.5. The number of aryl methyl sites for hydroxylation is 1. The lowest BCUT2D eigenvalue weighted by molar-refractivity contribution is 0.605. The summed E-state index contributed by atoms with van der Waals surface area (Å²) in [6.07, 6.45) is 6.05. The van der Waals surface area contributed by atoms with Crippen LogP contribution < -0.4 is 5.32 Å². The molecule has 0 aliphatic heterocycles. The minimum absolute atomic E-state index is 0.301. The molecule has 2 rings (SSSR count). The van der Waals surface area contributed by atoms with E-state index in [0.717, 1.165) is 11.6 Å². The summed E-state index contributed by atoms with van der Waals surface area (Å²) in [7, 11) is 0. The Hall–Kier alpha value is -0.790. The van der Waals surface area contributed by atoms with Crippen molar-refractivity contribution in [2.24, 2.45) is 0 Å². The summed E-state index contributed by atoms with van der Waals surface area (Å²) in [6, 6.07) is 6.65. The summed E-state index contributed by atoms with van der Waals surface area (Å²) in [5.41, 5.74) is 3.93. The topological polar surface area (TPSA) is 12.0 Å². The Morgan fingerprint density at radius 2 is 2.24 bits per heavy atom. The van der Waals surface area contributed by atoms with Gasteiger partial charge in [-0.1, -0.05) is 42.3 Å². The average Bonchev–Trinajstić information content (AvgIpc) is 2.80. The summed E-state index contributed by atoms with van der Waals surface area (Å²) in [5.74, 6) is 0. The zero-order valence-corrected chi connectivity index (χ0v) is 11.3. The maximum atomic E-state index is 6.37. The third-order valence-electron chi connectivity index (χ3n) is 3.32. The van der Waals surface area contributed by atoms with Crippen LogP contribution in [0.15, 0.2) is 29.8 Å². The number of likely N-dealkylation sites (N-methyl/N-ethyl adjacent to an activating group) is 1. The van der Waals surface area contributed by atoms with Gasteiger partial charge < -0.3 is 5.32 Å². The molecule has 0 heterocycles. The van der Waals surface area contributed by atoms with Gasteiger partial charge in [-0.25, -0.2) is 0 Å². The second-order valence-electron chi connectivity index (χ2n) is 4.69. The molecule has 0 bridgehead atoms. The molecule has 1 aliphatic carbocycles. The van der Waals surface area contributed by atoms with Gasteiger partial charge in [0.05, 0.1) is 6.04 Å². The molecule has 0 aromatic heterocycles. The molecule has 1 nitrogen and oxygen atoms in total. The van der Waals surface area contributed by atoms with E-state index in [1.165, 1.54) is 36.0 Å².